The van der Waals surface area contributed by atoms with Crippen molar-refractivity contribution in [1.82, 2.24) is 10.2 Å². The standard InChI is InChI=1S/C10H16N2O4/c1-10(2,3)4-7-11-12-8(16-7)5-15-6-9(13)14/h4-6H2,1-3H3,(H,13,14). The highest BCUT2D eigenvalue weighted by atomic mass is 16.5. The van der Waals surface area contributed by atoms with Gasteiger partial charge in [0.1, 0.15) is 13.2 Å². The van der Waals surface area contributed by atoms with Crippen molar-refractivity contribution >= 4 is 5.97 Å². The lowest BCUT2D eigenvalue weighted by Gasteiger charge is -2.14. The molecule has 1 heterocycles. The average molecular weight is 228 g/mol. The molecule has 0 saturated carbocycles. The Morgan fingerprint density at radius 3 is 2.56 bits per heavy atom. The minimum Gasteiger partial charge on any atom is -0.480 e. The van der Waals surface area contributed by atoms with Crippen LogP contribution in [-0.4, -0.2) is 27.9 Å². The summed E-state index contributed by atoms with van der Waals surface area (Å²) < 4.78 is 10.1. The zero-order chi connectivity index (χ0) is 12.2. The van der Waals surface area contributed by atoms with Crippen LogP contribution >= 0.6 is 0 Å². The molecule has 0 aliphatic carbocycles. The van der Waals surface area contributed by atoms with Crippen LogP contribution in [0.5, 0.6) is 0 Å². The highest BCUT2D eigenvalue weighted by Gasteiger charge is 2.16. The smallest absolute Gasteiger partial charge is 0.329 e. The molecule has 6 nitrogen and oxygen atoms in total. The van der Waals surface area contributed by atoms with E-state index in [0.29, 0.717) is 18.2 Å². The summed E-state index contributed by atoms with van der Waals surface area (Å²) in [7, 11) is 0. The topological polar surface area (TPSA) is 85.5 Å². The zero-order valence-electron chi connectivity index (χ0n) is 9.69. The van der Waals surface area contributed by atoms with Gasteiger partial charge in [-0.15, -0.1) is 10.2 Å². The second-order valence-electron chi connectivity index (χ2n) is 4.71. The van der Waals surface area contributed by atoms with E-state index >= 15 is 0 Å². The molecule has 0 bridgehead atoms. The summed E-state index contributed by atoms with van der Waals surface area (Å²) in [5.74, 6) is -0.170. The van der Waals surface area contributed by atoms with Gasteiger partial charge in [-0.25, -0.2) is 4.79 Å². The highest BCUT2D eigenvalue weighted by molar-refractivity contribution is 5.67. The van der Waals surface area contributed by atoms with Gasteiger partial charge in [0.15, 0.2) is 0 Å². The number of aromatic nitrogens is 2. The largest absolute Gasteiger partial charge is 0.480 e. The number of hydrogen-bond acceptors (Lipinski definition) is 5. The van der Waals surface area contributed by atoms with Gasteiger partial charge in [0, 0.05) is 6.42 Å². The van der Waals surface area contributed by atoms with E-state index in [4.69, 9.17) is 14.3 Å². The van der Waals surface area contributed by atoms with Gasteiger partial charge < -0.3 is 14.3 Å². The maximum absolute atomic E-state index is 10.2. The van der Waals surface area contributed by atoms with Crippen LogP contribution in [-0.2, 0) is 22.6 Å². The van der Waals surface area contributed by atoms with Gasteiger partial charge >= 0.3 is 5.97 Å². The third-order valence-electron chi connectivity index (χ3n) is 1.64. The SMILES string of the molecule is CC(C)(C)Cc1nnc(COCC(=O)O)o1. The number of rotatable bonds is 5. The fourth-order valence-corrected chi connectivity index (χ4v) is 1.10. The maximum Gasteiger partial charge on any atom is 0.329 e. The van der Waals surface area contributed by atoms with Crippen molar-refractivity contribution in [1.29, 1.82) is 0 Å². The normalized spacial score (nSPS) is 11.7. The van der Waals surface area contributed by atoms with Crippen molar-refractivity contribution in [3.8, 4) is 0 Å². The molecule has 0 saturated heterocycles. The van der Waals surface area contributed by atoms with Crippen LogP contribution < -0.4 is 0 Å². The number of aliphatic carboxylic acids is 1. The van der Waals surface area contributed by atoms with Gasteiger partial charge in [-0.1, -0.05) is 20.8 Å². The van der Waals surface area contributed by atoms with Gasteiger partial charge in [-0.3, -0.25) is 0 Å². The molecule has 0 aromatic carbocycles. The summed E-state index contributed by atoms with van der Waals surface area (Å²) in [5, 5.41) is 16.0. The Morgan fingerprint density at radius 1 is 1.38 bits per heavy atom. The van der Waals surface area contributed by atoms with Crippen LogP contribution in [0.15, 0.2) is 4.42 Å². The Balaban J connectivity index is 2.42. The van der Waals surface area contributed by atoms with E-state index in [0.717, 1.165) is 0 Å². The molecule has 90 valence electrons. The first-order valence-electron chi connectivity index (χ1n) is 4.97. The fraction of sp³-hybridized carbons (Fsp3) is 0.700. The minimum atomic E-state index is -1.02. The molecule has 1 aromatic heterocycles. The highest BCUT2D eigenvalue weighted by Crippen LogP contribution is 2.19. The van der Waals surface area contributed by atoms with Crippen molar-refractivity contribution in [2.45, 2.75) is 33.8 Å². The molecule has 0 fully saturated rings. The first-order valence-corrected chi connectivity index (χ1v) is 4.97. The van der Waals surface area contributed by atoms with Gasteiger partial charge in [-0.05, 0) is 5.41 Å². The number of carbonyl (C=O) groups is 1. The predicted octanol–water partition coefficient (Wildman–Crippen LogP) is 1.26. The molecule has 1 N–H and O–H groups in total. The molecule has 16 heavy (non-hydrogen) atoms. The Labute approximate surface area is 93.6 Å². The second-order valence-corrected chi connectivity index (χ2v) is 4.71. The summed E-state index contributed by atoms with van der Waals surface area (Å²) in [5.41, 5.74) is 0.0751. The summed E-state index contributed by atoms with van der Waals surface area (Å²) in [6.45, 7) is 5.87. The van der Waals surface area contributed by atoms with Gasteiger partial charge in [-0.2, -0.15) is 0 Å². The summed E-state index contributed by atoms with van der Waals surface area (Å²) in [4.78, 5) is 10.2. The molecule has 0 amide bonds. The first kappa shape index (κ1) is 12.6. The van der Waals surface area contributed by atoms with Crippen LogP contribution in [0.1, 0.15) is 32.6 Å². The van der Waals surface area contributed by atoms with Gasteiger partial charge in [0.25, 0.3) is 0 Å². The third kappa shape index (κ3) is 4.88. The van der Waals surface area contributed by atoms with E-state index in [1.54, 1.807) is 0 Å². The lowest BCUT2D eigenvalue weighted by molar-refractivity contribution is -0.142. The van der Waals surface area contributed by atoms with E-state index < -0.39 is 5.97 Å². The van der Waals surface area contributed by atoms with Gasteiger partial charge in [0.2, 0.25) is 11.8 Å². The molecule has 0 aliphatic rings. The molecule has 1 aromatic rings. The summed E-state index contributed by atoms with van der Waals surface area (Å²) >= 11 is 0. The van der Waals surface area contributed by atoms with Crippen LogP contribution in [0.25, 0.3) is 0 Å². The Morgan fingerprint density at radius 2 is 2.00 bits per heavy atom. The molecule has 0 aliphatic heterocycles. The quantitative estimate of drug-likeness (QED) is 0.816. The molecule has 0 atom stereocenters. The molecule has 0 spiro atoms. The average Bonchev–Trinajstić information content (AvgIpc) is 2.48. The van der Waals surface area contributed by atoms with Crippen LogP contribution in [0, 0.1) is 5.41 Å². The van der Waals surface area contributed by atoms with Crippen molar-refractivity contribution in [3.63, 3.8) is 0 Å². The molecular weight excluding hydrogens is 212 g/mol. The lowest BCUT2D eigenvalue weighted by atomic mass is 9.92. The van der Waals surface area contributed by atoms with E-state index in [9.17, 15) is 4.79 Å². The Bertz CT molecular complexity index is 354. The molecular formula is C10H16N2O4. The molecule has 1 rings (SSSR count). The minimum absolute atomic E-state index is 0.0312. The van der Waals surface area contributed by atoms with Crippen LogP contribution in [0.4, 0.5) is 0 Å². The summed E-state index contributed by atoms with van der Waals surface area (Å²) in [6, 6.07) is 0. The Hall–Kier alpha value is -1.43. The zero-order valence-corrected chi connectivity index (χ0v) is 9.69. The van der Waals surface area contributed by atoms with Crippen LogP contribution in [0.2, 0.25) is 0 Å². The van der Waals surface area contributed by atoms with Gasteiger partial charge in [0.05, 0.1) is 0 Å². The van der Waals surface area contributed by atoms with E-state index in [1.807, 2.05) is 0 Å². The lowest BCUT2D eigenvalue weighted by Crippen LogP contribution is -2.09. The van der Waals surface area contributed by atoms with Crippen molar-refractivity contribution in [2.75, 3.05) is 6.61 Å². The number of carboxylic acid groups (broad SMARTS) is 1. The van der Waals surface area contributed by atoms with E-state index in [-0.39, 0.29) is 18.6 Å². The fourth-order valence-electron chi connectivity index (χ4n) is 1.10. The van der Waals surface area contributed by atoms with E-state index in [2.05, 4.69) is 31.0 Å². The van der Waals surface area contributed by atoms with Crippen molar-refractivity contribution in [3.05, 3.63) is 11.8 Å². The molecule has 0 unspecified atom stereocenters. The second kappa shape index (κ2) is 5.07. The molecule has 0 radical (unpaired) electrons. The number of ether oxygens (including phenoxy) is 1. The first-order chi connectivity index (χ1) is 7.37. The van der Waals surface area contributed by atoms with E-state index in [1.165, 1.54) is 0 Å². The van der Waals surface area contributed by atoms with Crippen molar-refractivity contribution in [2.24, 2.45) is 5.41 Å². The monoisotopic (exact) mass is 228 g/mol. The number of hydrogen-bond donors (Lipinski definition) is 1. The third-order valence-corrected chi connectivity index (χ3v) is 1.64. The van der Waals surface area contributed by atoms with Crippen LogP contribution in [0.3, 0.4) is 0 Å². The maximum atomic E-state index is 10.2. The Kier molecular flexibility index (Phi) is 4.00. The van der Waals surface area contributed by atoms with Crippen molar-refractivity contribution < 1.29 is 19.1 Å². The summed E-state index contributed by atoms with van der Waals surface area (Å²) in [6.07, 6.45) is 0.679. The predicted molar refractivity (Wildman–Crippen MR) is 54.7 cm³/mol. The number of nitrogens with zero attached hydrogens (tertiary/aromatic N) is 2. The number of carboxylic acids is 1. The molecule has 6 heteroatoms.